The van der Waals surface area contributed by atoms with Crippen molar-refractivity contribution in [1.29, 1.82) is 0 Å². The van der Waals surface area contributed by atoms with Gasteiger partial charge in [-0.2, -0.15) is 0 Å². The number of phenolic OH excluding ortho intramolecular Hbond substituents is 1. The van der Waals surface area contributed by atoms with Crippen LogP contribution in [0.2, 0.25) is 0 Å². The maximum Gasteiger partial charge on any atom is 0.142 e. The molecule has 0 spiro atoms. The summed E-state index contributed by atoms with van der Waals surface area (Å²) in [5.41, 5.74) is 2.31. The molecule has 0 atom stereocenters. The van der Waals surface area contributed by atoms with E-state index >= 15 is 0 Å². The van der Waals surface area contributed by atoms with Gasteiger partial charge < -0.3 is 15.2 Å². The fourth-order valence-corrected chi connectivity index (χ4v) is 1.91. The minimum absolute atomic E-state index is 0.00592. The lowest BCUT2D eigenvalue weighted by molar-refractivity contribution is -0.107. The summed E-state index contributed by atoms with van der Waals surface area (Å²) in [7, 11) is 1.70. The Morgan fingerprint density at radius 1 is 1.37 bits per heavy atom. The number of nitrogens with zero attached hydrogens (tertiary/aromatic N) is 1. The molecule has 1 heterocycles. The zero-order chi connectivity index (χ0) is 13.8. The minimum atomic E-state index is -0.480. The predicted molar refractivity (Wildman–Crippen MR) is 70.6 cm³/mol. The van der Waals surface area contributed by atoms with Crippen LogP contribution in [0.25, 0.3) is 11.1 Å². The molecule has 0 unspecified atom stereocenters. The van der Waals surface area contributed by atoms with Crippen LogP contribution in [0.3, 0.4) is 0 Å². The van der Waals surface area contributed by atoms with Gasteiger partial charge in [0.2, 0.25) is 0 Å². The molecule has 19 heavy (non-hydrogen) atoms. The zero-order valence-corrected chi connectivity index (χ0v) is 10.4. The molecule has 2 aromatic rings. The maximum absolute atomic E-state index is 13.2. The Hall–Kier alpha value is -2.43. The Kier molecular flexibility index (Phi) is 3.75. The average molecular weight is 260 g/mol. The van der Waals surface area contributed by atoms with Gasteiger partial charge in [-0.15, -0.1) is 0 Å². The monoisotopic (exact) mass is 260 g/mol. The summed E-state index contributed by atoms with van der Waals surface area (Å²) in [5.74, 6) is -0.474. The Morgan fingerprint density at radius 2 is 2.16 bits per heavy atom. The van der Waals surface area contributed by atoms with Crippen LogP contribution in [0.1, 0.15) is 5.56 Å². The Morgan fingerprint density at radius 3 is 2.79 bits per heavy atom. The van der Waals surface area contributed by atoms with Gasteiger partial charge in [-0.05, 0) is 17.7 Å². The molecule has 0 aliphatic carbocycles. The number of nitrogens with one attached hydrogen (secondary N) is 1. The molecule has 1 aromatic heterocycles. The van der Waals surface area contributed by atoms with Crippen molar-refractivity contribution >= 4 is 12.0 Å². The number of aldehydes is 1. The first-order valence-electron chi connectivity index (χ1n) is 5.74. The first kappa shape index (κ1) is 13.0. The number of halogens is 1. The van der Waals surface area contributed by atoms with Gasteiger partial charge in [0, 0.05) is 42.5 Å². The Bertz CT molecular complexity index is 614. The molecular weight excluding hydrogens is 247 g/mol. The molecule has 0 amide bonds. The number of aromatic hydroxyl groups is 1. The summed E-state index contributed by atoms with van der Waals surface area (Å²) in [4.78, 5) is 14.4. The third kappa shape index (κ3) is 2.70. The summed E-state index contributed by atoms with van der Waals surface area (Å²) in [5, 5.41) is 12.9. The van der Waals surface area contributed by atoms with Crippen LogP contribution in [-0.2, 0) is 11.2 Å². The molecule has 0 saturated heterocycles. The molecular formula is C14H13FN2O2. The van der Waals surface area contributed by atoms with E-state index in [1.54, 1.807) is 13.1 Å². The second-order valence-corrected chi connectivity index (χ2v) is 4.04. The van der Waals surface area contributed by atoms with Crippen molar-refractivity contribution in [1.82, 2.24) is 4.98 Å². The van der Waals surface area contributed by atoms with Crippen molar-refractivity contribution < 1.29 is 14.3 Å². The van der Waals surface area contributed by atoms with E-state index in [0.29, 0.717) is 16.8 Å². The number of anilines is 1. The lowest BCUT2D eigenvalue weighted by Gasteiger charge is -2.12. The van der Waals surface area contributed by atoms with Crippen LogP contribution < -0.4 is 5.32 Å². The van der Waals surface area contributed by atoms with Gasteiger partial charge in [0.1, 0.15) is 17.9 Å². The molecule has 0 bridgehead atoms. The van der Waals surface area contributed by atoms with Gasteiger partial charge in [0.15, 0.2) is 0 Å². The van der Waals surface area contributed by atoms with Crippen molar-refractivity contribution in [3.8, 4) is 16.9 Å². The summed E-state index contributed by atoms with van der Waals surface area (Å²) < 4.78 is 13.2. The fourth-order valence-electron chi connectivity index (χ4n) is 1.91. The topological polar surface area (TPSA) is 62.2 Å². The average Bonchev–Trinajstić information content (AvgIpc) is 2.40. The minimum Gasteiger partial charge on any atom is -0.507 e. The van der Waals surface area contributed by atoms with Crippen LogP contribution in [0, 0.1) is 5.82 Å². The first-order chi connectivity index (χ1) is 9.15. The highest BCUT2D eigenvalue weighted by Gasteiger charge is 2.11. The number of hydrogen-bond acceptors (Lipinski definition) is 4. The van der Waals surface area contributed by atoms with Crippen LogP contribution in [0.5, 0.6) is 5.75 Å². The van der Waals surface area contributed by atoms with Crippen molar-refractivity contribution in [2.45, 2.75) is 6.42 Å². The maximum atomic E-state index is 13.2. The van der Waals surface area contributed by atoms with Crippen LogP contribution in [-0.4, -0.2) is 23.4 Å². The van der Waals surface area contributed by atoms with Crippen LogP contribution in [0.4, 0.5) is 10.1 Å². The second kappa shape index (κ2) is 5.48. The summed E-state index contributed by atoms with van der Waals surface area (Å²) >= 11 is 0. The number of carbonyl (C=O) groups excluding carboxylic acids is 1. The summed E-state index contributed by atoms with van der Waals surface area (Å²) in [6, 6.07) is 4.46. The van der Waals surface area contributed by atoms with Gasteiger partial charge in [-0.1, -0.05) is 0 Å². The highest BCUT2D eigenvalue weighted by molar-refractivity contribution is 5.76. The standard InChI is InChI=1S/C14H13FN2O2/c1-16-13-6-14(19)12(5-9(13)2-3-18)10-4-11(15)8-17-7-10/h3-8,16,19H,2H2,1H3. The third-order valence-corrected chi connectivity index (χ3v) is 2.81. The second-order valence-electron chi connectivity index (χ2n) is 4.04. The largest absolute Gasteiger partial charge is 0.507 e. The third-order valence-electron chi connectivity index (χ3n) is 2.81. The zero-order valence-electron chi connectivity index (χ0n) is 10.4. The molecule has 0 radical (unpaired) electrons. The van der Waals surface area contributed by atoms with Crippen molar-refractivity contribution in [2.75, 3.05) is 12.4 Å². The summed E-state index contributed by atoms with van der Waals surface area (Å²) in [6.07, 6.45) is 3.55. The number of phenols is 1. The first-order valence-corrected chi connectivity index (χ1v) is 5.74. The highest BCUT2D eigenvalue weighted by atomic mass is 19.1. The highest BCUT2D eigenvalue weighted by Crippen LogP contribution is 2.34. The van der Waals surface area contributed by atoms with Crippen molar-refractivity contribution in [3.05, 3.63) is 42.0 Å². The van der Waals surface area contributed by atoms with Gasteiger partial charge in [-0.25, -0.2) is 4.39 Å². The molecule has 2 rings (SSSR count). The molecule has 2 N–H and O–H groups in total. The number of rotatable bonds is 4. The normalized spacial score (nSPS) is 10.2. The van der Waals surface area contributed by atoms with Gasteiger partial charge in [0.05, 0.1) is 6.20 Å². The van der Waals surface area contributed by atoms with E-state index in [1.165, 1.54) is 18.3 Å². The lowest BCUT2D eigenvalue weighted by atomic mass is 10.0. The number of pyridine rings is 1. The number of carbonyl (C=O) groups is 1. The van der Waals surface area contributed by atoms with E-state index in [0.717, 1.165) is 18.0 Å². The number of benzene rings is 1. The van der Waals surface area contributed by atoms with E-state index in [4.69, 9.17) is 0 Å². The summed E-state index contributed by atoms with van der Waals surface area (Å²) in [6.45, 7) is 0. The van der Waals surface area contributed by atoms with E-state index in [2.05, 4.69) is 10.3 Å². The SMILES string of the molecule is CNc1cc(O)c(-c2cncc(F)c2)cc1CC=O. The van der Waals surface area contributed by atoms with Gasteiger partial charge >= 0.3 is 0 Å². The van der Waals surface area contributed by atoms with Crippen molar-refractivity contribution in [3.63, 3.8) is 0 Å². The van der Waals surface area contributed by atoms with E-state index in [9.17, 15) is 14.3 Å². The molecule has 0 fully saturated rings. The smallest absolute Gasteiger partial charge is 0.142 e. The Labute approximate surface area is 109 Å². The van der Waals surface area contributed by atoms with E-state index < -0.39 is 5.82 Å². The van der Waals surface area contributed by atoms with Crippen LogP contribution >= 0.6 is 0 Å². The van der Waals surface area contributed by atoms with Gasteiger partial charge in [0.25, 0.3) is 0 Å². The lowest BCUT2D eigenvalue weighted by Crippen LogP contribution is -1.97. The Balaban J connectivity index is 2.57. The van der Waals surface area contributed by atoms with Gasteiger partial charge in [-0.3, -0.25) is 4.98 Å². The molecule has 98 valence electrons. The number of aromatic nitrogens is 1. The quantitative estimate of drug-likeness (QED) is 0.828. The fraction of sp³-hybridized carbons (Fsp3) is 0.143. The van der Waals surface area contributed by atoms with Crippen molar-refractivity contribution in [2.24, 2.45) is 0 Å². The molecule has 1 aromatic carbocycles. The molecule has 0 aliphatic heterocycles. The van der Waals surface area contributed by atoms with E-state index in [1.807, 2.05) is 0 Å². The molecule has 0 aliphatic rings. The van der Waals surface area contributed by atoms with Crippen LogP contribution in [0.15, 0.2) is 30.6 Å². The van der Waals surface area contributed by atoms with E-state index in [-0.39, 0.29) is 12.2 Å². The molecule has 4 nitrogen and oxygen atoms in total. The number of hydrogen-bond donors (Lipinski definition) is 2. The molecule has 5 heteroatoms. The predicted octanol–water partition coefficient (Wildman–Crippen LogP) is 2.38. The molecule has 0 saturated carbocycles.